The van der Waals surface area contributed by atoms with Gasteiger partial charge in [-0.3, -0.25) is 10.1 Å². The van der Waals surface area contributed by atoms with E-state index < -0.39 is 0 Å². The molecule has 0 aromatic heterocycles. The van der Waals surface area contributed by atoms with Crippen LogP contribution in [-0.2, 0) is 27.4 Å². The van der Waals surface area contributed by atoms with Gasteiger partial charge in [0, 0.05) is 29.9 Å². The van der Waals surface area contributed by atoms with Crippen molar-refractivity contribution in [3.8, 4) is 11.5 Å². The van der Waals surface area contributed by atoms with Crippen LogP contribution in [0.4, 0.5) is 0 Å². The quantitative estimate of drug-likeness (QED) is 0.197. The lowest BCUT2D eigenvalue weighted by Crippen LogP contribution is -2.45. The SMILES string of the molecule is CCCCCc1cc2c(c(O)c1COO)C1C=C(COC(C)=O)CCC1C(C)(C)O2. The Morgan fingerprint density at radius 2 is 2.07 bits per heavy atom. The first-order valence-electron chi connectivity index (χ1n) is 10.9. The van der Waals surface area contributed by atoms with Gasteiger partial charge in [0.05, 0.1) is 0 Å². The topological polar surface area (TPSA) is 85.2 Å². The Kier molecular flexibility index (Phi) is 7.09. The highest BCUT2D eigenvalue weighted by Crippen LogP contribution is 2.54. The van der Waals surface area contributed by atoms with Crippen LogP contribution in [0.2, 0.25) is 0 Å². The van der Waals surface area contributed by atoms with Crippen LogP contribution in [0.15, 0.2) is 17.7 Å². The summed E-state index contributed by atoms with van der Waals surface area (Å²) in [7, 11) is 0. The van der Waals surface area contributed by atoms with Crippen LogP contribution in [0.3, 0.4) is 0 Å². The van der Waals surface area contributed by atoms with Gasteiger partial charge in [-0.15, -0.1) is 0 Å². The van der Waals surface area contributed by atoms with Gasteiger partial charge in [0.1, 0.15) is 30.3 Å². The highest BCUT2D eigenvalue weighted by molar-refractivity contribution is 5.66. The van der Waals surface area contributed by atoms with E-state index in [1.807, 2.05) is 6.07 Å². The number of benzene rings is 1. The second-order valence-electron chi connectivity index (χ2n) is 8.99. The van der Waals surface area contributed by atoms with E-state index >= 15 is 0 Å². The predicted octanol–water partition coefficient (Wildman–Crippen LogP) is 5.27. The monoisotopic (exact) mass is 418 g/mol. The van der Waals surface area contributed by atoms with E-state index in [2.05, 4.69) is 31.7 Å². The molecule has 1 aromatic carbocycles. The number of carbonyl (C=O) groups excluding carboxylic acids is 1. The predicted molar refractivity (Wildman–Crippen MR) is 114 cm³/mol. The average Bonchev–Trinajstić information content (AvgIpc) is 2.68. The minimum absolute atomic E-state index is 0.0507. The number of hydrogen-bond donors (Lipinski definition) is 2. The van der Waals surface area contributed by atoms with E-state index in [0.29, 0.717) is 11.3 Å². The average molecular weight is 419 g/mol. The number of allylic oxidation sites excluding steroid dienone is 1. The van der Waals surface area contributed by atoms with Crippen LogP contribution in [0.1, 0.15) is 82.4 Å². The summed E-state index contributed by atoms with van der Waals surface area (Å²) in [5.41, 5.74) is 2.98. The Hall–Kier alpha value is -2.05. The van der Waals surface area contributed by atoms with Gasteiger partial charge in [0.25, 0.3) is 0 Å². The highest BCUT2D eigenvalue weighted by Gasteiger charge is 2.46. The lowest BCUT2D eigenvalue weighted by Gasteiger charge is -2.47. The molecule has 6 nitrogen and oxygen atoms in total. The first-order valence-corrected chi connectivity index (χ1v) is 10.9. The largest absolute Gasteiger partial charge is 0.507 e. The molecule has 1 heterocycles. The number of aryl methyl sites for hydroxylation is 1. The van der Waals surface area contributed by atoms with E-state index in [0.717, 1.165) is 55.2 Å². The summed E-state index contributed by atoms with van der Waals surface area (Å²) in [5, 5.41) is 20.4. The molecule has 1 aliphatic heterocycles. The summed E-state index contributed by atoms with van der Waals surface area (Å²) >= 11 is 0. The molecule has 0 radical (unpaired) electrons. The van der Waals surface area contributed by atoms with E-state index in [1.54, 1.807) is 0 Å². The van der Waals surface area contributed by atoms with Crippen molar-refractivity contribution in [1.82, 2.24) is 0 Å². The maximum absolute atomic E-state index is 11.2. The number of esters is 1. The van der Waals surface area contributed by atoms with Crippen molar-refractivity contribution in [2.75, 3.05) is 6.61 Å². The minimum Gasteiger partial charge on any atom is -0.507 e. The Labute approximate surface area is 178 Å². The fraction of sp³-hybridized carbons (Fsp3) is 0.625. The number of phenolic OH excluding ortho intramolecular Hbond substituents is 1. The van der Waals surface area contributed by atoms with Gasteiger partial charge in [-0.05, 0) is 56.7 Å². The maximum Gasteiger partial charge on any atom is 0.302 e. The van der Waals surface area contributed by atoms with Crippen LogP contribution < -0.4 is 4.74 Å². The second-order valence-corrected chi connectivity index (χ2v) is 8.99. The Balaban J connectivity index is 2.05. The molecule has 1 aromatic rings. The Bertz CT molecular complexity index is 810. The molecule has 2 aliphatic rings. The number of phenols is 1. The van der Waals surface area contributed by atoms with Crippen LogP contribution >= 0.6 is 0 Å². The molecule has 0 bridgehead atoms. The smallest absolute Gasteiger partial charge is 0.302 e. The van der Waals surface area contributed by atoms with Crippen molar-refractivity contribution in [3.05, 3.63) is 34.4 Å². The van der Waals surface area contributed by atoms with Crippen molar-refractivity contribution >= 4 is 5.97 Å². The van der Waals surface area contributed by atoms with Gasteiger partial charge in [-0.2, -0.15) is 0 Å². The van der Waals surface area contributed by atoms with Crippen LogP contribution in [-0.4, -0.2) is 28.5 Å². The molecule has 166 valence electrons. The standard InChI is InChI=1S/C24H34O6/c1-5-6-7-8-17-12-21-22(23(26)19(17)14-29-27)18-11-16(13-28-15(2)25)9-10-20(18)24(3,4)30-21/h11-12,18,20,26-27H,5-10,13-14H2,1-4H3. The number of carbonyl (C=O) groups is 1. The molecule has 1 aliphatic carbocycles. The highest BCUT2D eigenvalue weighted by atomic mass is 17.1. The van der Waals surface area contributed by atoms with E-state index in [4.69, 9.17) is 14.7 Å². The Morgan fingerprint density at radius 1 is 1.30 bits per heavy atom. The summed E-state index contributed by atoms with van der Waals surface area (Å²) in [6, 6.07) is 2.01. The molecule has 2 N–H and O–H groups in total. The number of hydrogen-bond acceptors (Lipinski definition) is 6. The lowest BCUT2D eigenvalue weighted by molar-refractivity contribution is -0.253. The zero-order valence-electron chi connectivity index (χ0n) is 18.5. The summed E-state index contributed by atoms with van der Waals surface area (Å²) in [5.74, 6) is 0.671. The first kappa shape index (κ1) is 22.6. The molecule has 0 amide bonds. The fourth-order valence-corrected chi connectivity index (χ4v) is 4.89. The van der Waals surface area contributed by atoms with Gasteiger partial charge in [0.2, 0.25) is 0 Å². The second kappa shape index (κ2) is 9.40. The third kappa shape index (κ3) is 4.65. The van der Waals surface area contributed by atoms with Gasteiger partial charge in [0.15, 0.2) is 0 Å². The molecule has 0 saturated carbocycles. The van der Waals surface area contributed by atoms with Crippen molar-refractivity contribution < 1.29 is 29.5 Å². The van der Waals surface area contributed by atoms with Gasteiger partial charge in [-0.25, -0.2) is 4.89 Å². The number of aromatic hydroxyl groups is 1. The van der Waals surface area contributed by atoms with Gasteiger partial charge >= 0.3 is 5.97 Å². The summed E-state index contributed by atoms with van der Waals surface area (Å²) < 4.78 is 11.6. The molecule has 0 fully saturated rings. The normalized spacial score (nSPS) is 21.8. The van der Waals surface area contributed by atoms with E-state index in [1.165, 1.54) is 6.92 Å². The maximum atomic E-state index is 11.2. The van der Waals surface area contributed by atoms with Crippen molar-refractivity contribution in [3.63, 3.8) is 0 Å². The summed E-state index contributed by atoms with van der Waals surface area (Å²) in [6.45, 7) is 7.96. The van der Waals surface area contributed by atoms with Gasteiger partial charge < -0.3 is 14.6 Å². The van der Waals surface area contributed by atoms with E-state index in [9.17, 15) is 9.90 Å². The third-order valence-corrected chi connectivity index (χ3v) is 6.44. The van der Waals surface area contributed by atoms with Crippen LogP contribution in [0.5, 0.6) is 11.5 Å². The molecule has 2 atom stereocenters. The number of ether oxygens (including phenoxy) is 2. The van der Waals surface area contributed by atoms with Gasteiger partial charge in [-0.1, -0.05) is 25.8 Å². The summed E-state index contributed by atoms with van der Waals surface area (Å²) in [6.07, 6.45) is 7.82. The van der Waals surface area contributed by atoms with Crippen molar-refractivity contribution in [2.45, 2.75) is 84.3 Å². The minimum atomic E-state index is -0.386. The molecule has 0 saturated heterocycles. The fourth-order valence-electron chi connectivity index (χ4n) is 4.89. The third-order valence-electron chi connectivity index (χ3n) is 6.44. The first-order chi connectivity index (χ1) is 14.3. The zero-order valence-corrected chi connectivity index (χ0v) is 18.5. The van der Waals surface area contributed by atoms with Crippen LogP contribution in [0.25, 0.3) is 0 Å². The van der Waals surface area contributed by atoms with Crippen molar-refractivity contribution in [1.29, 1.82) is 0 Å². The summed E-state index contributed by atoms with van der Waals surface area (Å²) in [4.78, 5) is 15.7. The van der Waals surface area contributed by atoms with E-state index in [-0.39, 0.29) is 42.4 Å². The molecule has 30 heavy (non-hydrogen) atoms. The van der Waals surface area contributed by atoms with Crippen molar-refractivity contribution in [2.24, 2.45) is 5.92 Å². The number of rotatable bonds is 8. The zero-order chi connectivity index (χ0) is 21.9. The lowest BCUT2D eigenvalue weighted by atomic mass is 9.67. The van der Waals surface area contributed by atoms with Crippen LogP contribution in [0, 0.1) is 5.92 Å². The molecule has 3 rings (SSSR count). The number of fused-ring (bicyclic) bond motifs is 3. The number of unbranched alkanes of at least 4 members (excludes halogenated alkanes) is 2. The Morgan fingerprint density at radius 3 is 2.73 bits per heavy atom. The molecule has 0 spiro atoms. The molecular weight excluding hydrogens is 384 g/mol. The molecule has 6 heteroatoms. The molecular formula is C24H34O6. The molecule has 2 unspecified atom stereocenters.